The molecule has 1 aliphatic carbocycles. The molecule has 1 fully saturated rings. The van der Waals surface area contributed by atoms with Crippen molar-refractivity contribution in [2.24, 2.45) is 0 Å². The Morgan fingerprint density at radius 1 is 1.25 bits per heavy atom. The first kappa shape index (κ1) is 15.4. The smallest absolute Gasteiger partial charge is 0.229 e. The van der Waals surface area contributed by atoms with E-state index in [9.17, 15) is 0 Å². The molecule has 1 N–H and O–H groups in total. The fourth-order valence-corrected chi connectivity index (χ4v) is 3.16. The van der Waals surface area contributed by atoms with Crippen LogP contribution in [0.3, 0.4) is 0 Å². The van der Waals surface area contributed by atoms with Crippen LogP contribution in [0.25, 0.3) is 0 Å². The summed E-state index contributed by atoms with van der Waals surface area (Å²) in [6, 6.07) is 0.637. The van der Waals surface area contributed by atoms with E-state index < -0.39 is 5.60 Å². The molecule has 1 saturated carbocycles. The maximum absolute atomic E-state index is 5.66. The molecule has 2 rings (SSSR count). The first-order valence-corrected chi connectivity index (χ1v) is 7.75. The van der Waals surface area contributed by atoms with Crippen LogP contribution in [0.5, 0.6) is 0 Å². The van der Waals surface area contributed by atoms with Gasteiger partial charge in [-0.3, -0.25) is 0 Å². The molecule has 0 aromatic carbocycles. The van der Waals surface area contributed by atoms with Crippen LogP contribution >= 0.6 is 0 Å². The Labute approximate surface area is 121 Å². The van der Waals surface area contributed by atoms with Gasteiger partial charge in [0.05, 0.1) is 0 Å². The molecule has 1 aromatic rings. The second-order valence-electron chi connectivity index (χ2n) is 5.70. The Morgan fingerprint density at radius 3 is 2.40 bits per heavy atom. The number of methoxy groups -OCH3 is 1. The van der Waals surface area contributed by atoms with Crippen molar-refractivity contribution in [3.63, 3.8) is 0 Å². The fraction of sp³-hybridized carbons (Fsp3) is 0.867. The van der Waals surface area contributed by atoms with Gasteiger partial charge in [-0.05, 0) is 45.6 Å². The van der Waals surface area contributed by atoms with Gasteiger partial charge in [0.15, 0.2) is 0 Å². The summed E-state index contributed by atoms with van der Waals surface area (Å²) in [7, 11) is 3.76. The Balaban J connectivity index is 2.09. The second kappa shape index (κ2) is 6.68. The predicted molar refractivity (Wildman–Crippen MR) is 77.6 cm³/mol. The van der Waals surface area contributed by atoms with Crippen molar-refractivity contribution in [3.8, 4) is 0 Å². The second-order valence-corrected chi connectivity index (χ2v) is 5.70. The van der Waals surface area contributed by atoms with Gasteiger partial charge in [0.1, 0.15) is 5.60 Å². The lowest BCUT2D eigenvalue weighted by Gasteiger charge is -2.27. The molecule has 0 spiro atoms. The van der Waals surface area contributed by atoms with Gasteiger partial charge in [0, 0.05) is 19.1 Å². The molecule has 20 heavy (non-hydrogen) atoms. The van der Waals surface area contributed by atoms with Gasteiger partial charge in [-0.25, -0.2) is 0 Å². The maximum atomic E-state index is 5.66. The quantitative estimate of drug-likeness (QED) is 0.868. The molecule has 0 saturated heterocycles. The third-order valence-corrected chi connectivity index (χ3v) is 4.87. The molecule has 114 valence electrons. The summed E-state index contributed by atoms with van der Waals surface area (Å²) >= 11 is 0. The van der Waals surface area contributed by atoms with Crippen LogP contribution in [0.15, 0.2) is 4.52 Å². The lowest BCUT2D eigenvalue weighted by atomic mass is 9.86. The van der Waals surface area contributed by atoms with Crippen LogP contribution in [0.4, 0.5) is 0 Å². The molecule has 0 unspecified atom stereocenters. The molecular formula is C15H27N3O2. The van der Waals surface area contributed by atoms with Crippen LogP contribution in [0, 0.1) is 0 Å². The van der Waals surface area contributed by atoms with Crippen molar-refractivity contribution in [2.75, 3.05) is 14.2 Å². The van der Waals surface area contributed by atoms with E-state index in [1.165, 1.54) is 12.8 Å². The van der Waals surface area contributed by atoms with E-state index in [1.807, 2.05) is 7.05 Å². The Hall–Kier alpha value is -0.940. The predicted octanol–water partition coefficient (Wildman–Crippen LogP) is 2.98. The molecule has 1 heterocycles. The van der Waals surface area contributed by atoms with Gasteiger partial charge in [-0.15, -0.1) is 0 Å². The molecule has 5 nitrogen and oxygen atoms in total. The van der Waals surface area contributed by atoms with Crippen LogP contribution < -0.4 is 5.32 Å². The van der Waals surface area contributed by atoms with Crippen molar-refractivity contribution in [1.29, 1.82) is 0 Å². The Kier molecular flexibility index (Phi) is 5.16. The summed E-state index contributed by atoms with van der Waals surface area (Å²) in [5, 5.41) is 7.53. The molecule has 0 aliphatic heterocycles. The minimum absolute atomic E-state index is 0.399. The number of nitrogens with one attached hydrogen (secondary N) is 1. The lowest BCUT2D eigenvalue weighted by molar-refractivity contribution is -0.0306. The van der Waals surface area contributed by atoms with Gasteiger partial charge in [0.2, 0.25) is 11.7 Å². The standard InChI is InChI=1S/C15H27N3O2/c1-5-15(6-2,19-4)14-17-13(20-18-14)11-7-9-12(16-3)10-8-11/h11-12,16H,5-10H2,1-4H3. The first-order chi connectivity index (χ1) is 9.69. The van der Waals surface area contributed by atoms with Gasteiger partial charge in [-0.1, -0.05) is 19.0 Å². The molecule has 0 radical (unpaired) electrons. The minimum Gasteiger partial charge on any atom is -0.370 e. The van der Waals surface area contributed by atoms with Crippen LogP contribution in [-0.4, -0.2) is 30.3 Å². The van der Waals surface area contributed by atoms with Crippen LogP contribution in [0.1, 0.15) is 70.0 Å². The molecule has 1 aliphatic rings. The number of hydrogen-bond acceptors (Lipinski definition) is 5. The topological polar surface area (TPSA) is 60.2 Å². The number of aromatic nitrogens is 2. The van der Waals surface area contributed by atoms with Gasteiger partial charge in [-0.2, -0.15) is 4.98 Å². The first-order valence-electron chi connectivity index (χ1n) is 7.75. The number of ether oxygens (including phenoxy) is 1. The van der Waals surface area contributed by atoms with E-state index in [1.54, 1.807) is 7.11 Å². The highest BCUT2D eigenvalue weighted by Crippen LogP contribution is 2.35. The minimum atomic E-state index is -0.399. The maximum Gasteiger partial charge on any atom is 0.229 e. The zero-order chi connectivity index (χ0) is 14.6. The molecular weight excluding hydrogens is 254 g/mol. The zero-order valence-corrected chi connectivity index (χ0v) is 13.1. The van der Waals surface area contributed by atoms with Crippen LogP contribution in [0.2, 0.25) is 0 Å². The van der Waals surface area contributed by atoms with Crippen molar-refractivity contribution >= 4 is 0 Å². The van der Waals surface area contributed by atoms with E-state index in [0.717, 1.165) is 31.6 Å². The van der Waals surface area contributed by atoms with E-state index in [-0.39, 0.29) is 0 Å². The Bertz CT molecular complexity index is 399. The van der Waals surface area contributed by atoms with E-state index >= 15 is 0 Å². The largest absolute Gasteiger partial charge is 0.370 e. The number of rotatable bonds is 6. The third kappa shape index (κ3) is 2.88. The number of hydrogen-bond donors (Lipinski definition) is 1. The normalized spacial score (nSPS) is 24.0. The van der Waals surface area contributed by atoms with E-state index in [2.05, 4.69) is 29.3 Å². The molecule has 0 atom stereocenters. The fourth-order valence-electron chi connectivity index (χ4n) is 3.16. The lowest BCUT2D eigenvalue weighted by Crippen LogP contribution is -2.30. The molecule has 1 aromatic heterocycles. The molecule has 0 bridgehead atoms. The average molecular weight is 281 g/mol. The van der Waals surface area contributed by atoms with Crippen molar-refractivity contribution in [1.82, 2.24) is 15.5 Å². The van der Waals surface area contributed by atoms with E-state index in [4.69, 9.17) is 9.26 Å². The summed E-state index contributed by atoms with van der Waals surface area (Å²) in [5.41, 5.74) is -0.399. The summed E-state index contributed by atoms with van der Waals surface area (Å²) in [5.74, 6) is 1.90. The monoisotopic (exact) mass is 281 g/mol. The number of nitrogens with zero attached hydrogens (tertiary/aromatic N) is 2. The van der Waals surface area contributed by atoms with Gasteiger partial charge in [0.25, 0.3) is 0 Å². The zero-order valence-electron chi connectivity index (χ0n) is 13.1. The SMILES string of the molecule is CCC(CC)(OC)c1noc(C2CCC(NC)CC2)n1. The molecule has 0 amide bonds. The highest BCUT2D eigenvalue weighted by Gasteiger charge is 2.35. The Morgan fingerprint density at radius 2 is 1.90 bits per heavy atom. The summed E-state index contributed by atoms with van der Waals surface area (Å²) in [4.78, 5) is 4.65. The summed E-state index contributed by atoms with van der Waals surface area (Å²) in [6.45, 7) is 4.20. The van der Waals surface area contributed by atoms with Crippen molar-refractivity contribution in [3.05, 3.63) is 11.7 Å². The van der Waals surface area contributed by atoms with Crippen molar-refractivity contribution < 1.29 is 9.26 Å². The average Bonchev–Trinajstić information content (AvgIpc) is 3.00. The van der Waals surface area contributed by atoms with Gasteiger partial charge >= 0.3 is 0 Å². The highest BCUT2D eigenvalue weighted by molar-refractivity contribution is 5.04. The summed E-state index contributed by atoms with van der Waals surface area (Å²) in [6.07, 6.45) is 6.29. The highest BCUT2D eigenvalue weighted by atomic mass is 16.5. The van der Waals surface area contributed by atoms with Gasteiger partial charge < -0.3 is 14.6 Å². The van der Waals surface area contributed by atoms with Crippen molar-refractivity contribution in [2.45, 2.75) is 69.9 Å². The third-order valence-electron chi connectivity index (χ3n) is 4.87. The van der Waals surface area contributed by atoms with Crippen LogP contribution in [-0.2, 0) is 10.3 Å². The molecule has 5 heteroatoms. The summed E-state index contributed by atoms with van der Waals surface area (Å²) < 4.78 is 11.2. The van der Waals surface area contributed by atoms with E-state index in [0.29, 0.717) is 17.8 Å².